The van der Waals surface area contributed by atoms with Crippen molar-refractivity contribution in [1.29, 1.82) is 0 Å². The van der Waals surface area contributed by atoms with E-state index in [2.05, 4.69) is 62.8 Å². The van der Waals surface area contributed by atoms with Gasteiger partial charge in [-0.3, -0.25) is 0 Å². The lowest BCUT2D eigenvalue weighted by Crippen LogP contribution is -2.12. The molecule has 0 saturated carbocycles. The molecule has 0 bridgehead atoms. The van der Waals surface area contributed by atoms with E-state index in [0.717, 1.165) is 25.5 Å². The van der Waals surface area contributed by atoms with Crippen LogP contribution in [0.4, 0.5) is 0 Å². The lowest BCUT2D eigenvalue weighted by molar-refractivity contribution is 0.466. The molecule has 0 unspecified atom stereocenters. The fourth-order valence-corrected chi connectivity index (χ4v) is 2.99. The Bertz CT molecular complexity index is 827. The monoisotopic (exact) mass is 423 g/mol. The molecular weight excluding hydrogens is 410 g/mol. The summed E-state index contributed by atoms with van der Waals surface area (Å²) in [5.41, 5.74) is 3.16. The molecule has 0 aliphatic rings. The molecule has 1 N–H and O–H groups in total. The molecule has 0 radical (unpaired) electrons. The molecule has 0 aliphatic carbocycles. The van der Waals surface area contributed by atoms with Crippen LogP contribution in [0.5, 0.6) is 5.75 Å². The highest BCUT2D eigenvalue weighted by Crippen LogP contribution is 2.32. The number of aromatic hydroxyl groups is 1. The van der Waals surface area contributed by atoms with Gasteiger partial charge in [0, 0.05) is 8.95 Å². The molecule has 0 saturated heterocycles. The van der Waals surface area contributed by atoms with Gasteiger partial charge in [0.15, 0.2) is 0 Å². The van der Waals surface area contributed by atoms with Gasteiger partial charge in [-0.25, -0.2) is 0 Å². The number of phenolic OH excluding ortho intramolecular Hbond substituents is 1. The van der Waals surface area contributed by atoms with Gasteiger partial charge in [0.05, 0.1) is 0 Å². The minimum absolute atomic E-state index is 0.0177. The van der Waals surface area contributed by atoms with Crippen molar-refractivity contribution < 1.29 is 5.11 Å². The Morgan fingerprint density at radius 2 is 1.50 bits per heavy atom. The average Bonchev–Trinajstić information content (AvgIpc) is 2.88. The van der Waals surface area contributed by atoms with Gasteiger partial charge in [-0.15, -0.1) is 15.0 Å². The highest BCUT2D eigenvalue weighted by molar-refractivity contribution is 9.11. The third kappa shape index (κ3) is 2.65. The zero-order chi connectivity index (χ0) is 16.1. The first kappa shape index (κ1) is 15.5. The summed E-state index contributed by atoms with van der Waals surface area (Å²) in [4.78, 5) is 1.48. The van der Waals surface area contributed by atoms with Crippen molar-refractivity contribution in [2.75, 3.05) is 0 Å². The summed E-state index contributed by atoms with van der Waals surface area (Å²) in [6.07, 6.45) is 0. The van der Waals surface area contributed by atoms with Gasteiger partial charge >= 0.3 is 0 Å². The molecule has 6 heteroatoms. The van der Waals surface area contributed by atoms with Crippen LogP contribution in [0.15, 0.2) is 39.3 Å². The van der Waals surface area contributed by atoms with Crippen molar-refractivity contribution in [3.63, 3.8) is 0 Å². The normalized spacial score (nSPS) is 12.0. The zero-order valence-corrected chi connectivity index (χ0v) is 15.6. The topological polar surface area (TPSA) is 50.9 Å². The minimum atomic E-state index is -0.0177. The molecule has 1 aromatic heterocycles. The van der Waals surface area contributed by atoms with Crippen LogP contribution in [0, 0.1) is 0 Å². The van der Waals surface area contributed by atoms with Crippen LogP contribution in [0.3, 0.4) is 0 Å². The third-order valence-corrected chi connectivity index (χ3v) is 4.78. The van der Waals surface area contributed by atoms with E-state index >= 15 is 0 Å². The number of halogens is 2. The molecule has 4 nitrogen and oxygen atoms in total. The van der Waals surface area contributed by atoms with Crippen molar-refractivity contribution in [2.24, 2.45) is 0 Å². The van der Waals surface area contributed by atoms with Crippen molar-refractivity contribution in [3.8, 4) is 11.4 Å². The summed E-state index contributed by atoms with van der Waals surface area (Å²) < 4.78 is 1.73. The average molecular weight is 425 g/mol. The number of rotatable bonds is 1. The van der Waals surface area contributed by atoms with Crippen LogP contribution in [0.2, 0.25) is 0 Å². The van der Waals surface area contributed by atoms with Crippen molar-refractivity contribution in [3.05, 3.63) is 44.8 Å². The van der Waals surface area contributed by atoms with E-state index in [9.17, 15) is 5.11 Å². The number of hydrogen-bond donors (Lipinski definition) is 1. The molecule has 2 aromatic carbocycles. The van der Waals surface area contributed by atoms with E-state index in [1.54, 1.807) is 6.07 Å². The van der Waals surface area contributed by atoms with Gasteiger partial charge in [-0.2, -0.15) is 0 Å². The van der Waals surface area contributed by atoms with Gasteiger partial charge in [0.2, 0.25) is 0 Å². The van der Waals surface area contributed by atoms with E-state index in [4.69, 9.17) is 0 Å². The standard InChI is InChI=1S/C16H15Br2N3O/c1-16(2,3)9-4-7-13(22)12(8-9)21-19-14-10(17)5-6-11(18)15(14)20-21/h4-8,22H,1-3H3. The molecule has 3 aromatic rings. The SMILES string of the molecule is CC(C)(C)c1ccc(O)c(-n2nc3c(Br)ccc(Br)c3n2)c1. The molecule has 114 valence electrons. The van der Waals surface area contributed by atoms with Gasteiger partial charge in [0.25, 0.3) is 0 Å². The van der Waals surface area contributed by atoms with E-state index in [-0.39, 0.29) is 11.2 Å². The van der Waals surface area contributed by atoms with E-state index in [0.29, 0.717) is 5.69 Å². The predicted molar refractivity (Wildman–Crippen MR) is 94.6 cm³/mol. The molecule has 0 spiro atoms. The number of hydrogen-bond acceptors (Lipinski definition) is 3. The Morgan fingerprint density at radius 1 is 0.955 bits per heavy atom. The Hall–Kier alpha value is -1.40. The van der Waals surface area contributed by atoms with Crippen molar-refractivity contribution in [2.45, 2.75) is 26.2 Å². The van der Waals surface area contributed by atoms with Crippen LogP contribution in [0.25, 0.3) is 16.7 Å². The summed E-state index contributed by atoms with van der Waals surface area (Å²) in [7, 11) is 0. The maximum atomic E-state index is 10.2. The lowest BCUT2D eigenvalue weighted by Gasteiger charge is -2.19. The van der Waals surface area contributed by atoms with E-state index in [1.165, 1.54) is 4.80 Å². The molecule has 0 atom stereocenters. The highest BCUT2D eigenvalue weighted by atomic mass is 79.9. The highest BCUT2D eigenvalue weighted by Gasteiger charge is 2.18. The second kappa shape index (κ2) is 5.35. The van der Waals surface area contributed by atoms with Crippen LogP contribution >= 0.6 is 31.9 Å². The Balaban J connectivity index is 2.23. The van der Waals surface area contributed by atoms with Crippen molar-refractivity contribution in [1.82, 2.24) is 15.0 Å². The molecule has 0 aliphatic heterocycles. The van der Waals surface area contributed by atoms with Gasteiger partial charge in [-0.1, -0.05) is 26.8 Å². The van der Waals surface area contributed by atoms with Crippen LogP contribution in [-0.4, -0.2) is 20.1 Å². The maximum Gasteiger partial charge on any atom is 0.143 e. The fraction of sp³-hybridized carbons (Fsp3) is 0.250. The van der Waals surface area contributed by atoms with Crippen LogP contribution in [-0.2, 0) is 5.41 Å². The first-order valence-corrected chi connectivity index (χ1v) is 8.41. The van der Waals surface area contributed by atoms with Gasteiger partial charge in [0.1, 0.15) is 22.5 Å². The largest absolute Gasteiger partial charge is 0.506 e. The van der Waals surface area contributed by atoms with Gasteiger partial charge in [-0.05, 0) is 67.1 Å². The predicted octanol–water partition coefficient (Wildman–Crippen LogP) is 4.95. The zero-order valence-electron chi connectivity index (χ0n) is 12.4. The lowest BCUT2D eigenvalue weighted by atomic mass is 9.87. The Labute approximate surface area is 145 Å². The summed E-state index contributed by atoms with van der Waals surface area (Å²) in [5, 5.41) is 19.2. The smallest absolute Gasteiger partial charge is 0.143 e. The number of fused-ring (bicyclic) bond motifs is 1. The minimum Gasteiger partial charge on any atom is -0.506 e. The summed E-state index contributed by atoms with van der Waals surface area (Å²) in [5.74, 6) is 0.153. The third-order valence-electron chi connectivity index (χ3n) is 3.50. The number of nitrogens with zero attached hydrogens (tertiary/aromatic N) is 3. The fourth-order valence-electron chi connectivity index (χ4n) is 2.19. The van der Waals surface area contributed by atoms with E-state index in [1.807, 2.05) is 24.3 Å². The summed E-state index contributed by atoms with van der Waals surface area (Å²) >= 11 is 6.96. The summed E-state index contributed by atoms with van der Waals surface area (Å²) in [6, 6.07) is 9.37. The van der Waals surface area contributed by atoms with E-state index < -0.39 is 0 Å². The first-order chi connectivity index (χ1) is 10.3. The van der Waals surface area contributed by atoms with Crippen LogP contribution < -0.4 is 0 Å². The Morgan fingerprint density at radius 3 is 2.00 bits per heavy atom. The molecule has 0 amide bonds. The molecular formula is C16H15Br2N3O. The van der Waals surface area contributed by atoms with Crippen molar-refractivity contribution >= 4 is 42.9 Å². The molecule has 1 heterocycles. The quantitative estimate of drug-likeness (QED) is 0.601. The maximum absolute atomic E-state index is 10.2. The summed E-state index contributed by atoms with van der Waals surface area (Å²) in [6.45, 7) is 6.38. The second-order valence-corrected chi connectivity index (χ2v) is 7.88. The second-order valence-electron chi connectivity index (χ2n) is 6.17. The number of benzene rings is 2. The molecule has 0 fully saturated rings. The molecule has 22 heavy (non-hydrogen) atoms. The number of phenols is 1. The van der Waals surface area contributed by atoms with Gasteiger partial charge < -0.3 is 5.11 Å². The molecule has 3 rings (SSSR count). The number of aromatic nitrogens is 3. The first-order valence-electron chi connectivity index (χ1n) is 6.82. The Kier molecular flexibility index (Phi) is 3.77. The van der Waals surface area contributed by atoms with Crippen LogP contribution in [0.1, 0.15) is 26.3 Å².